The molecule has 0 spiro atoms. The number of morpholine rings is 1. The average Bonchev–Trinajstić information content (AvgIpc) is 2.97. The van der Waals surface area contributed by atoms with Crippen LogP contribution in [-0.4, -0.2) is 38.4 Å². The molecule has 0 amide bonds. The Balaban J connectivity index is 1.92. The summed E-state index contributed by atoms with van der Waals surface area (Å²) in [5.74, 6) is -0.128. The predicted molar refractivity (Wildman–Crippen MR) is 77.1 cm³/mol. The molecule has 1 saturated heterocycles. The van der Waals surface area contributed by atoms with Crippen molar-refractivity contribution in [2.75, 3.05) is 38.3 Å². The number of ether oxygens (including phenoxy) is 2. The molecule has 4 nitrogen and oxygen atoms in total. The number of para-hydroxylation sites is 1. The summed E-state index contributed by atoms with van der Waals surface area (Å²) in [6, 6.07) is 4.87. The zero-order chi connectivity index (χ0) is 13.9. The van der Waals surface area contributed by atoms with Crippen LogP contribution in [0.4, 0.5) is 9.52 Å². The van der Waals surface area contributed by atoms with Crippen molar-refractivity contribution in [1.29, 1.82) is 0 Å². The lowest BCUT2D eigenvalue weighted by molar-refractivity contribution is 0.122. The average molecular weight is 294 g/mol. The number of halogens is 1. The van der Waals surface area contributed by atoms with Crippen LogP contribution in [-0.2, 0) is 4.74 Å². The molecule has 0 bridgehead atoms. The van der Waals surface area contributed by atoms with Crippen LogP contribution >= 0.6 is 11.3 Å². The molecule has 1 fully saturated rings. The summed E-state index contributed by atoms with van der Waals surface area (Å²) in [6.45, 7) is 3.12. The standard InChI is InChI=1S/C14H15FN2O2S/c1-18-13-10(3-2-4-11(13)15)12-9-20-14(16-12)17-5-7-19-8-6-17/h2-4,9H,5-8H2,1H3. The van der Waals surface area contributed by atoms with Crippen molar-refractivity contribution < 1.29 is 13.9 Å². The third-order valence-corrected chi connectivity index (χ3v) is 4.12. The highest BCUT2D eigenvalue weighted by Crippen LogP contribution is 2.34. The fraction of sp³-hybridized carbons (Fsp3) is 0.357. The summed E-state index contributed by atoms with van der Waals surface area (Å²) >= 11 is 1.56. The highest BCUT2D eigenvalue weighted by molar-refractivity contribution is 7.14. The lowest BCUT2D eigenvalue weighted by Crippen LogP contribution is -2.36. The maximum Gasteiger partial charge on any atom is 0.186 e. The molecule has 0 saturated carbocycles. The SMILES string of the molecule is COc1c(F)cccc1-c1csc(N2CCOCC2)n1. The van der Waals surface area contributed by atoms with Crippen LogP contribution in [0.1, 0.15) is 0 Å². The molecule has 1 aliphatic rings. The zero-order valence-electron chi connectivity index (χ0n) is 11.1. The minimum absolute atomic E-state index is 0.242. The Labute approximate surface area is 120 Å². The van der Waals surface area contributed by atoms with Gasteiger partial charge in [-0.3, -0.25) is 0 Å². The van der Waals surface area contributed by atoms with Gasteiger partial charge >= 0.3 is 0 Å². The number of benzene rings is 1. The lowest BCUT2D eigenvalue weighted by atomic mass is 10.1. The molecule has 6 heteroatoms. The van der Waals surface area contributed by atoms with E-state index in [0.29, 0.717) is 5.56 Å². The van der Waals surface area contributed by atoms with Crippen LogP contribution < -0.4 is 9.64 Å². The third kappa shape index (κ3) is 2.48. The molecule has 3 rings (SSSR count). The molecule has 0 N–H and O–H groups in total. The first kappa shape index (κ1) is 13.3. The van der Waals surface area contributed by atoms with Gasteiger partial charge in [0.05, 0.1) is 26.0 Å². The van der Waals surface area contributed by atoms with Crippen molar-refractivity contribution in [1.82, 2.24) is 4.98 Å². The monoisotopic (exact) mass is 294 g/mol. The highest BCUT2D eigenvalue weighted by Gasteiger charge is 2.17. The minimum atomic E-state index is -0.370. The van der Waals surface area contributed by atoms with Crippen LogP contribution in [0.15, 0.2) is 23.6 Å². The molecule has 0 atom stereocenters. The third-order valence-electron chi connectivity index (χ3n) is 3.22. The Morgan fingerprint density at radius 2 is 2.15 bits per heavy atom. The van der Waals surface area contributed by atoms with Gasteiger partial charge < -0.3 is 14.4 Å². The molecule has 1 aromatic carbocycles. The number of nitrogens with zero attached hydrogens (tertiary/aromatic N) is 2. The Kier molecular flexibility index (Phi) is 3.84. The molecule has 0 aliphatic carbocycles. The Morgan fingerprint density at radius 3 is 2.90 bits per heavy atom. The first-order valence-electron chi connectivity index (χ1n) is 6.40. The van der Waals surface area contributed by atoms with Crippen LogP contribution in [0.25, 0.3) is 11.3 Å². The van der Waals surface area contributed by atoms with Crippen LogP contribution in [0.5, 0.6) is 5.75 Å². The van der Waals surface area contributed by atoms with Gasteiger partial charge in [0.2, 0.25) is 0 Å². The van der Waals surface area contributed by atoms with Crippen molar-refractivity contribution in [3.05, 3.63) is 29.4 Å². The molecule has 0 unspecified atom stereocenters. The van der Waals surface area contributed by atoms with E-state index in [-0.39, 0.29) is 11.6 Å². The molecule has 106 valence electrons. The van der Waals surface area contributed by atoms with Gasteiger partial charge in [-0.1, -0.05) is 6.07 Å². The number of aromatic nitrogens is 1. The van der Waals surface area contributed by atoms with Gasteiger partial charge in [0.15, 0.2) is 16.7 Å². The van der Waals surface area contributed by atoms with Crippen molar-refractivity contribution in [2.45, 2.75) is 0 Å². The van der Waals surface area contributed by atoms with Gasteiger partial charge in [0.1, 0.15) is 0 Å². The van der Waals surface area contributed by atoms with E-state index in [2.05, 4.69) is 9.88 Å². The maximum atomic E-state index is 13.7. The summed E-state index contributed by atoms with van der Waals surface area (Å²) in [6.07, 6.45) is 0. The fourth-order valence-electron chi connectivity index (χ4n) is 2.21. The quantitative estimate of drug-likeness (QED) is 0.872. The molecule has 1 aromatic heterocycles. The zero-order valence-corrected chi connectivity index (χ0v) is 12.0. The fourth-order valence-corrected chi connectivity index (χ4v) is 3.09. The largest absolute Gasteiger partial charge is 0.493 e. The molecule has 2 heterocycles. The predicted octanol–water partition coefficient (Wildman–Crippen LogP) is 2.79. The minimum Gasteiger partial charge on any atom is -0.493 e. The molecular weight excluding hydrogens is 279 g/mol. The lowest BCUT2D eigenvalue weighted by Gasteiger charge is -2.26. The number of anilines is 1. The van der Waals surface area contributed by atoms with Crippen molar-refractivity contribution >= 4 is 16.5 Å². The van der Waals surface area contributed by atoms with Gasteiger partial charge in [0.25, 0.3) is 0 Å². The summed E-state index contributed by atoms with van der Waals surface area (Å²) in [4.78, 5) is 6.78. The van der Waals surface area contributed by atoms with Crippen LogP contribution in [0.2, 0.25) is 0 Å². The second-order valence-electron chi connectivity index (χ2n) is 4.44. The Bertz CT molecular complexity index is 597. The summed E-state index contributed by atoms with van der Waals surface area (Å²) in [7, 11) is 1.47. The number of thiazole rings is 1. The second kappa shape index (κ2) is 5.76. The van der Waals surface area contributed by atoms with Crippen LogP contribution in [0, 0.1) is 5.82 Å². The smallest absolute Gasteiger partial charge is 0.186 e. The number of methoxy groups -OCH3 is 1. The summed E-state index contributed by atoms with van der Waals surface area (Å²) in [5, 5.41) is 2.87. The van der Waals surface area contributed by atoms with E-state index < -0.39 is 0 Å². The van der Waals surface area contributed by atoms with Gasteiger partial charge in [-0.05, 0) is 12.1 Å². The van der Waals surface area contributed by atoms with Gasteiger partial charge in [0, 0.05) is 24.0 Å². The number of rotatable bonds is 3. The van der Waals surface area contributed by atoms with E-state index in [4.69, 9.17) is 9.47 Å². The van der Waals surface area contributed by atoms with E-state index in [0.717, 1.165) is 37.1 Å². The number of hydrogen-bond donors (Lipinski definition) is 0. The second-order valence-corrected chi connectivity index (χ2v) is 5.27. The molecule has 2 aromatic rings. The van der Waals surface area contributed by atoms with E-state index >= 15 is 0 Å². The van der Waals surface area contributed by atoms with Gasteiger partial charge in [-0.15, -0.1) is 11.3 Å². The van der Waals surface area contributed by atoms with Gasteiger partial charge in [-0.25, -0.2) is 9.37 Å². The van der Waals surface area contributed by atoms with Gasteiger partial charge in [-0.2, -0.15) is 0 Å². The molecule has 1 aliphatic heterocycles. The molecule has 0 radical (unpaired) electrons. The van der Waals surface area contributed by atoms with Crippen LogP contribution in [0.3, 0.4) is 0 Å². The van der Waals surface area contributed by atoms with E-state index in [9.17, 15) is 4.39 Å². The van der Waals surface area contributed by atoms with Crippen molar-refractivity contribution in [3.63, 3.8) is 0 Å². The highest BCUT2D eigenvalue weighted by atomic mass is 32.1. The number of hydrogen-bond acceptors (Lipinski definition) is 5. The van der Waals surface area contributed by atoms with E-state index in [1.165, 1.54) is 13.2 Å². The Morgan fingerprint density at radius 1 is 1.35 bits per heavy atom. The Hall–Kier alpha value is -1.66. The molecular formula is C14H15FN2O2S. The first-order valence-corrected chi connectivity index (χ1v) is 7.28. The molecule has 20 heavy (non-hydrogen) atoms. The van der Waals surface area contributed by atoms with Crippen molar-refractivity contribution in [2.24, 2.45) is 0 Å². The maximum absolute atomic E-state index is 13.7. The van der Waals surface area contributed by atoms with E-state index in [1.54, 1.807) is 17.4 Å². The summed E-state index contributed by atoms with van der Waals surface area (Å²) in [5.41, 5.74) is 1.43. The summed E-state index contributed by atoms with van der Waals surface area (Å²) < 4.78 is 24.2. The normalized spacial score (nSPS) is 15.4. The first-order chi connectivity index (χ1) is 9.79. The van der Waals surface area contributed by atoms with Crippen molar-refractivity contribution in [3.8, 4) is 17.0 Å². The topological polar surface area (TPSA) is 34.6 Å². The van der Waals surface area contributed by atoms with E-state index in [1.807, 2.05) is 11.4 Å².